The van der Waals surface area contributed by atoms with Gasteiger partial charge in [-0.3, -0.25) is 14.5 Å². The molecule has 0 spiro atoms. The normalized spacial score (nSPS) is 24.3. The van der Waals surface area contributed by atoms with Gasteiger partial charge in [-0.15, -0.1) is 11.6 Å². The molecule has 0 radical (unpaired) electrons. The van der Waals surface area contributed by atoms with E-state index in [4.69, 9.17) is 16.6 Å². The molecule has 43 heavy (non-hydrogen) atoms. The number of halogens is 2. The first-order valence-corrected chi connectivity index (χ1v) is 16.4. The van der Waals surface area contributed by atoms with Gasteiger partial charge in [-0.2, -0.15) is 0 Å². The van der Waals surface area contributed by atoms with Crippen molar-refractivity contribution in [2.24, 2.45) is 0 Å². The average molecular weight is 608 g/mol. The van der Waals surface area contributed by atoms with Crippen LogP contribution in [-0.2, 0) is 15.0 Å². The van der Waals surface area contributed by atoms with E-state index in [1.165, 1.54) is 24.4 Å². The number of imidazole rings is 1. The number of nitrogens with one attached hydrogen (secondary N) is 1. The lowest BCUT2D eigenvalue weighted by Gasteiger charge is -2.46. The highest BCUT2D eigenvalue weighted by Crippen LogP contribution is 2.45. The number of para-hydroxylation sites is 2. The zero-order valence-electron chi connectivity index (χ0n) is 25.3. The minimum atomic E-state index is -0.568. The summed E-state index contributed by atoms with van der Waals surface area (Å²) in [6, 6.07) is 16.5. The number of carbonyl (C=O) groups is 2. The lowest BCUT2D eigenvalue weighted by atomic mass is 9.70. The van der Waals surface area contributed by atoms with Crippen molar-refractivity contribution >= 4 is 34.4 Å². The molecular formula is C34H43ClFN5O2. The van der Waals surface area contributed by atoms with E-state index in [0.29, 0.717) is 37.6 Å². The SMILES string of the molecule is CC[C@H](NC(=O)CCl)C(=O)N1CCC(CCN2[C@@H]3CC[C@H]2C[C@@H](n2c(C)nc4ccccc42)C3)(c2cccc(F)c2)CC1. The molecule has 3 aliphatic rings. The van der Waals surface area contributed by atoms with Gasteiger partial charge in [0.2, 0.25) is 11.8 Å². The second-order valence-electron chi connectivity index (χ2n) is 12.8. The van der Waals surface area contributed by atoms with Gasteiger partial charge in [-0.25, -0.2) is 9.37 Å². The highest BCUT2D eigenvalue weighted by Gasteiger charge is 2.44. The van der Waals surface area contributed by atoms with Crippen LogP contribution in [0.2, 0.25) is 0 Å². The second-order valence-corrected chi connectivity index (χ2v) is 13.1. The Morgan fingerprint density at radius 2 is 1.79 bits per heavy atom. The van der Waals surface area contributed by atoms with Crippen molar-refractivity contribution in [1.82, 2.24) is 24.7 Å². The molecule has 1 N–H and O–H groups in total. The molecule has 2 bridgehead atoms. The van der Waals surface area contributed by atoms with E-state index < -0.39 is 6.04 Å². The molecule has 3 fully saturated rings. The van der Waals surface area contributed by atoms with E-state index in [1.54, 1.807) is 6.07 Å². The molecule has 9 heteroatoms. The number of nitrogens with zero attached hydrogens (tertiary/aromatic N) is 4. The number of hydrogen-bond donors (Lipinski definition) is 1. The molecule has 0 saturated carbocycles. The van der Waals surface area contributed by atoms with Crippen LogP contribution < -0.4 is 5.32 Å². The lowest BCUT2D eigenvalue weighted by Crippen LogP contribution is -2.53. The van der Waals surface area contributed by atoms with Gasteiger partial charge in [-0.05, 0) is 100 Å². The largest absolute Gasteiger partial charge is 0.343 e. The fourth-order valence-electron chi connectivity index (χ4n) is 8.24. The van der Waals surface area contributed by atoms with Crippen molar-refractivity contribution in [1.29, 1.82) is 0 Å². The maximum absolute atomic E-state index is 14.5. The van der Waals surface area contributed by atoms with Gasteiger partial charge in [-0.1, -0.05) is 31.2 Å². The number of aromatic nitrogens is 2. The fourth-order valence-corrected chi connectivity index (χ4v) is 8.32. The molecule has 4 heterocycles. The summed E-state index contributed by atoms with van der Waals surface area (Å²) in [5, 5.41) is 2.76. The number of rotatable bonds is 9. The highest BCUT2D eigenvalue weighted by atomic mass is 35.5. The van der Waals surface area contributed by atoms with E-state index in [1.807, 2.05) is 17.9 Å². The molecule has 4 atom stereocenters. The van der Waals surface area contributed by atoms with Crippen LogP contribution in [0.15, 0.2) is 48.5 Å². The minimum absolute atomic E-state index is 0.0590. The van der Waals surface area contributed by atoms with Gasteiger partial charge in [0.15, 0.2) is 0 Å². The zero-order chi connectivity index (χ0) is 30.1. The molecule has 0 aliphatic carbocycles. The zero-order valence-corrected chi connectivity index (χ0v) is 26.0. The van der Waals surface area contributed by atoms with Gasteiger partial charge in [0, 0.05) is 31.2 Å². The number of fused-ring (bicyclic) bond motifs is 3. The Bertz CT molecular complexity index is 1450. The number of benzene rings is 2. The summed E-state index contributed by atoms with van der Waals surface area (Å²) >= 11 is 5.67. The Kier molecular flexibility index (Phi) is 8.79. The van der Waals surface area contributed by atoms with Crippen LogP contribution in [0.4, 0.5) is 4.39 Å². The molecule has 3 aliphatic heterocycles. The molecule has 3 aromatic rings. The Hall–Kier alpha value is -2.97. The predicted octanol–water partition coefficient (Wildman–Crippen LogP) is 5.74. The number of piperidine rings is 2. The molecule has 3 saturated heterocycles. The topological polar surface area (TPSA) is 70.5 Å². The summed E-state index contributed by atoms with van der Waals surface area (Å²) in [6.07, 6.45) is 7.67. The first-order chi connectivity index (χ1) is 20.8. The van der Waals surface area contributed by atoms with Crippen LogP contribution in [-0.4, -0.2) is 74.8 Å². The molecule has 6 rings (SSSR count). The van der Waals surface area contributed by atoms with E-state index in [9.17, 15) is 14.0 Å². The van der Waals surface area contributed by atoms with Gasteiger partial charge in [0.05, 0.1) is 11.0 Å². The predicted molar refractivity (Wildman–Crippen MR) is 168 cm³/mol. The van der Waals surface area contributed by atoms with Crippen molar-refractivity contribution in [2.75, 3.05) is 25.5 Å². The Balaban J connectivity index is 1.16. The van der Waals surface area contributed by atoms with Crippen molar-refractivity contribution in [2.45, 2.75) is 94.8 Å². The first-order valence-electron chi connectivity index (χ1n) is 15.9. The molecule has 7 nitrogen and oxygen atoms in total. The minimum Gasteiger partial charge on any atom is -0.343 e. The third-order valence-electron chi connectivity index (χ3n) is 10.5. The average Bonchev–Trinajstić information content (AvgIpc) is 3.48. The summed E-state index contributed by atoms with van der Waals surface area (Å²) in [5.74, 6) is 0.329. The van der Waals surface area contributed by atoms with Gasteiger partial charge in [0.1, 0.15) is 23.6 Å². The molecular weight excluding hydrogens is 565 g/mol. The van der Waals surface area contributed by atoms with Crippen LogP contribution in [0.1, 0.15) is 75.7 Å². The lowest BCUT2D eigenvalue weighted by molar-refractivity contribution is -0.137. The number of likely N-dealkylation sites (tertiary alicyclic amines) is 1. The summed E-state index contributed by atoms with van der Waals surface area (Å²) < 4.78 is 17.0. The number of carbonyl (C=O) groups excluding carboxylic acids is 2. The highest BCUT2D eigenvalue weighted by molar-refractivity contribution is 6.27. The number of amides is 2. The third kappa shape index (κ3) is 5.93. The van der Waals surface area contributed by atoms with Crippen molar-refractivity contribution in [3.05, 3.63) is 65.7 Å². The van der Waals surface area contributed by atoms with Gasteiger partial charge < -0.3 is 14.8 Å². The second kappa shape index (κ2) is 12.6. The van der Waals surface area contributed by atoms with Gasteiger partial charge >= 0.3 is 0 Å². The maximum Gasteiger partial charge on any atom is 0.245 e. The monoisotopic (exact) mass is 607 g/mol. The van der Waals surface area contributed by atoms with E-state index in [0.717, 1.165) is 55.6 Å². The van der Waals surface area contributed by atoms with Crippen LogP contribution >= 0.6 is 11.6 Å². The smallest absolute Gasteiger partial charge is 0.245 e. The molecule has 1 aromatic heterocycles. The molecule has 230 valence electrons. The van der Waals surface area contributed by atoms with Crippen LogP contribution in [0.25, 0.3) is 11.0 Å². The molecule has 0 unspecified atom stereocenters. The van der Waals surface area contributed by atoms with E-state index in [-0.39, 0.29) is 28.9 Å². The number of alkyl halides is 1. The maximum atomic E-state index is 14.5. The van der Waals surface area contributed by atoms with Crippen molar-refractivity contribution < 1.29 is 14.0 Å². The number of hydrogen-bond acceptors (Lipinski definition) is 4. The quantitative estimate of drug-likeness (QED) is 0.315. The Morgan fingerprint density at radius 3 is 2.47 bits per heavy atom. The molecule has 2 amide bonds. The van der Waals surface area contributed by atoms with Crippen molar-refractivity contribution in [3.8, 4) is 0 Å². The van der Waals surface area contributed by atoms with Crippen LogP contribution in [0.5, 0.6) is 0 Å². The summed E-state index contributed by atoms with van der Waals surface area (Å²) in [6.45, 7) is 6.17. The summed E-state index contributed by atoms with van der Waals surface area (Å²) in [7, 11) is 0. The van der Waals surface area contributed by atoms with Crippen LogP contribution in [0, 0.1) is 12.7 Å². The van der Waals surface area contributed by atoms with E-state index >= 15 is 0 Å². The Labute approximate surface area is 258 Å². The van der Waals surface area contributed by atoms with Crippen molar-refractivity contribution in [3.63, 3.8) is 0 Å². The number of aryl methyl sites for hydroxylation is 1. The first kappa shape index (κ1) is 30.1. The van der Waals surface area contributed by atoms with Gasteiger partial charge in [0.25, 0.3) is 0 Å². The van der Waals surface area contributed by atoms with E-state index in [2.05, 4.69) is 52.0 Å². The summed E-state index contributed by atoms with van der Waals surface area (Å²) in [5.41, 5.74) is 3.14. The fraction of sp³-hybridized carbons (Fsp3) is 0.559. The standard InChI is InChI=1S/C34H43ClFN5O2/c1-3-29(38-32(42)22-35)33(43)39-16-13-34(14-17-39,24-7-6-8-25(36)19-24)15-18-40-26-11-12-27(40)21-28(20-26)41-23(2)37-30-9-4-5-10-31(30)41/h4-10,19,26-29H,3,11-18,20-22H2,1-2H3,(H,38,42)/t26-,27+,28+,29-/m0/s1. The summed E-state index contributed by atoms with van der Waals surface area (Å²) in [4.78, 5) is 34.6. The Morgan fingerprint density at radius 1 is 1.07 bits per heavy atom. The third-order valence-corrected chi connectivity index (χ3v) is 10.7. The van der Waals surface area contributed by atoms with Crippen LogP contribution in [0.3, 0.4) is 0 Å². The molecule has 2 aromatic carbocycles.